The molecule has 176 valence electrons. The average Bonchev–Trinajstić information content (AvgIpc) is 3.42. The van der Waals surface area contributed by atoms with Crippen LogP contribution in [0.15, 0.2) is 64.8 Å². The maximum atomic E-state index is 13.0. The Bertz CT molecular complexity index is 1530. The molecule has 2 heterocycles. The van der Waals surface area contributed by atoms with Crippen molar-refractivity contribution in [2.24, 2.45) is 0 Å². The first kappa shape index (κ1) is 22.6. The second-order valence-corrected chi connectivity index (χ2v) is 8.23. The Morgan fingerprint density at radius 3 is 2.57 bits per heavy atom. The van der Waals surface area contributed by atoms with Crippen LogP contribution >= 0.6 is 11.6 Å². The lowest BCUT2D eigenvalue weighted by Gasteiger charge is -2.09. The van der Waals surface area contributed by atoms with Crippen molar-refractivity contribution in [2.75, 3.05) is 14.2 Å². The van der Waals surface area contributed by atoms with Gasteiger partial charge in [-0.3, -0.25) is 4.79 Å². The molecule has 5 rings (SSSR count). The van der Waals surface area contributed by atoms with Crippen molar-refractivity contribution in [1.29, 1.82) is 0 Å². The number of halogens is 1. The molecule has 1 aromatic heterocycles. The molecule has 35 heavy (non-hydrogen) atoms. The third-order valence-corrected chi connectivity index (χ3v) is 5.88. The van der Waals surface area contributed by atoms with Crippen LogP contribution in [0.1, 0.15) is 32.0 Å². The van der Waals surface area contributed by atoms with Gasteiger partial charge in [0.1, 0.15) is 28.6 Å². The minimum Gasteiger partial charge on any atom is -0.497 e. The molecule has 0 spiro atoms. The van der Waals surface area contributed by atoms with Gasteiger partial charge in [0, 0.05) is 27.6 Å². The lowest BCUT2D eigenvalue weighted by molar-refractivity contribution is 0.0702. The number of furan rings is 1. The number of carbonyl (C=O) groups is 2. The molecule has 0 amide bonds. The van der Waals surface area contributed by atoms with E-state index in [4.69, 9.17) is 35.0 Å². The summed E-state index contributed by atoms with van der Waals surface area (Å²) < 4.78 is 27.6. The molecule has 7 nitrogen and oxygen atoms in total. The fraction of sp³-hybridized carbons (Fsp3) is 0.111. The smallest absolute Gasteiger partial charge is 0.379 e. The van der Waals surface area contributed by atoms with Crippen molar-refractivity contribution in [3.8, 4) is 23.0 Å². The topological polar surface area (TPSA) is 84.2 Å². The van der Waals surface area contributed by atoms with Crippen LogP contribution in [-0.2, 0) is 0 Å². The lowest BCUT2D eigenvalue weighted by atomic mass is 10.1. The highest BCUT2D eigenvalue weighted by Gasteiger charge is 2.31. The highest BCUT2D eigenvalue weighted by molar-refractivity contribution is 6.31. The molecule has 1 aliphatic heterocycles. The summed E-state index contributed by atoms with van der Waals surface area (Å²) in [5, 5.41) is 1.22. The highest BCUT2D eigenvalue weighted by atomic mass is 35.5. The van der Waals surface area contributed by atoms with Crippen molar-refractivity contribution in [3.05, 3.63) is 87.8 Å². The summed E-state index contributed by atoms with van der Waals surface area (Å²) in [5.41, 5.74) is 2.05. The van der Waals surface area contributed by atoms with Crippen molar-refractivity contribution in [2.45, 2.75) is 6.92 Å². The van der Waals surface area contributed by atoms with E-state index >= 15 is 0 Å². The molecule has 0 aliphatic carbocycles. The predicted octanol–water partition coefficient (Wildman–Crippen LogP) is 6.25. The number of Topliss-reactive ketones (excluding diaryl/α,β-unsaturated/α-hetero) is 1. The number of rotatable bonds is 5. The van der Waals surface area contributed by atoms with E-state index in [1.165, 1.54) is 7.11 Å². The van der Waals surface area contributed by atoms with Gasteiger partial charge in [0.05, 0.1) is 19.8 Å². The molecule has 0 saturated carbocycles. The van der Waals surface area contributed by atoms with E-state index in [2.05, 4.69) is 0 Å². The van der Waals surface area contributed by atoms with Crippen molar-refractivity contribution in [1.82, 2.24) is 0 Å². The zero-order valence-corrected chi connectivity index (χ0v) is 19.8. The summed E-state index contributed by atoms with van der Waals surface area (Å²) in [5.74, 6) is 0.939. The molecular formula is C27H19ClO7. The third kappa shape index (κ3) is 4.11. The Balaban J connectivity index is 1.42. The molecular weight excluding hydrogens is 472 g/mol. The number of benzene rings is 3. The van der Waals surface area contributed by atoms with Gasteiger partial charge in [0.25, 0.3) is 0 Å². The molecule has 1 aliphatic rings. The number of esters is 1. The van der Waals surface area contributed by atoms with Gasteiger partial charge in [-0.2, -0.15) is 0 Å². The average molecular weight is 491 g/mol. The minimum atomic E-state index is -0.677. The highest BCUT2D eigenvalue weighted by Crippen LogP contribution is 2.40. The number of carbonyl (C=O) groups excluding carboxylic acids is 2. The van der Waals surface area contributed by atoms with Gasteiger partial charge in [0.2, 0.25) is 11.5 Å². The summed E-state index contributed by atoms with van der Waals surface area (Å²) >= 11 is 6.00. The van der Waals surface area contributed by atoms with E-state index in [0.717, 1.165) is 0 Å². The van der Waals surface area contributed by atoms with Crippen LogP contribution in [0, 0.1) is 6.92 Å². The Morgan fingerprint density at radius 1 is 0.971 bits per heavy atom. The van der Waals surface area contributed by atoms with Crippen LogP contribution in [-0.4, -0.2) is 26.0 Å². The summed E-state index contributed by atoms with van der Waals surface area (Å²) in [7, 11) is 3.09. The first-order valence-corrected chi connectivity index (χ1v) is 11.0. The van der Waals surface area contributed by atoms with Crippen molar-refractivity contribution >= 4 is 40.4 Å². The van der Waals surface area contributed by atoms with E-state index < -0.39 is 5.97 Å². The van der Waals surface area contributed by atoms with Crippen molar-refractivity contribution in [3.63, 3.8) is 0 Å². The lowest BCUT2D eigenvalue weighted by Crippen LogP contribution is -2.08. The van der Waals surface area contributed by atoms with E-state index in [0.29, 0.717) is 49.9 Å². The maximum absolute atomic E-state index is 13.0. The van der Waals surface area contributed by atoms with Gasteiger partial charge < -0.3 is 23.4 Å². The number of hydrogen-bond donors (Lipinski definition) is 0. The first-order chi connectivity index (χ1) is 16.9. The minimum absolute atomic E-state index is 0.0337. The van der Waals surface area contributed by atoms with E-state index in [9.17, 15) is 9.59 Å². The van der Waals surface area contributed by atoms with E-state index in [1.807, 2.05) is 0 Å². The second kappa shape index (κ2) is 8.85. The molecule has 0 radical (unpaired) electrons. The molecule has 0 unspecified atom stereocenters. The first-order valence-electron chi connectivity index (χ1n) is 10.6. The van der Waals surface area contributed by atoms with E-state index in [-0.39, 0.29) is 23.1 Å². The van der Waals surface area contributed by atoms with Crippen LogP contribution < -0.4 is 18.9 Å². The summed E-state index contributed by atoms with van der Waals surface area (Å²) in [4.78, 5) is 25.7. The second-order valence-electron chi connectivity index (χ2n) is 7.80. The fourth-order valence-corrected chi connectivity index (χ4v) is 4.00. The quantitative estimate of drug-likeness (QED) is 0.186. The molecule has 0 fully saturated rings. The number of methoxy groups -OCH3 is 2. The van der Waals surface area contributed by atoms with Crippen LogP contribution in [0.25, 0.3) is 17.0 Å². The Labute approximate surface area is 205 Å². The Kier molecular flexibility index (Phi) is 5.70. The number of allylic oxidation sites excluding steroid dienone is 1. The van der Waals surface area contributed by atoms with Gasteiger partial charge in [-0.05, 0) is 61.5 Å². The normalized spacial score (nSPS) is 13.6. The van der Waals surface area contributed by atoms with E-state index in [1.54, 1.807) is 74.7 Å². The van der Waals surface area contributed by atoms with Crippen LogP contribution in [0.5, 0.6) is 23.0 Å². The van der Waals surface area contributed by atoms with Gasteiger partial charge in [-0.15, -0.1) is 0 Å². The largest absolute Gasteiger partial charge is 0.497 e. The van der Waals surface area contributed by atoms with Gasteiger partial charge in [-0.1, -0.05) is 11.6 Å². The van der Waals surface area contributed by atoms with Gasteiger partial charge in [0.15, 0.2) is 5.76 Å². The fourth-order valence-electron chi connectivity index (χ4n) is 3.82. The number of hydrogen-bond acceptors (Lipinski definition) is 7. The van der Waals surface area contributed by atoms with Crippen LogP contribution in [0.3, 0.4) is 0 Å². The van der Waals surface area contributed by atoms with Crippen LogP contribution in [0.2, 0.25) is 5.02 Å². The summed E-state index contributed by atoms with van der Waals surface area (Å²) in [6, 6.07) is 15.0. The van der Waals surface area contributed by atoms with Gasteiger partial charge in [-0.25, -0.2) is 4.79 Å². The molecule has 4 aromatic rings. The Morgan fingerprint density at radius 2 is 1.80 bits per heavy atom. The third-order valence-electron chi connectivity index (χ3n) is 5.65. The standard InChI is InChI=1S/C27H19ClO7/c1-14-20(35-27(30)24-12-16-10-17(28)5-8-21(16)33-24)9-7-19-25(29)23(34-26(14)19)11-15-4-6-18(31-2)13-22(15)32-3/h4-13H,1-3H3/b23-11-. The predicted molar refractivity (Wildman–Crippen MR) is 130 cm³/mol. The molecule has 0 N–H and O–H groups in total. The summed E-state index contributed by atoms with van der Waals surface area (Å²) in [6.45, 7) is 1.71. The SMILES string of the molecule is COc1ccc(/C=C2\Oc3c(ccc(OC(=O)c4cc5cc(Cl)ccc5o4)c3C)C2=O)c(OC)c1. The molecule has 0 bridgehead atoms. The summed E-state index contributed by atoms with van der Waals surface area (Å²) in [6.07, 6.45) is 1.60. The van der Waals surface area contributed by atoms with Gasteiger partial charge >= 0.3 is 5.97 Å². The van der Waals surface area contributed by atoms with Crippen LogP contribution in [0.4, 0.5) is 0 Å². The molecule has 0 saturated heterocycles. The van der Waals surface area contributed by atoms with Crippen molar-refractivity contribution < 1.29 is 33.0 Å². The monoisotopic (exact) mass is 490 g/mol. The number of ether oxygens (including phenoxy) is 4. The zero-order valence-electron chi connectivity index (χ0n) is 19.0. The molecule has 0 atom stereocenters. The number of fused-ring (bicyclic) bond motifs is 2. The Hall–Kier alpha value is -4.23. The number of ketones is 1. The molecule has 3 aromatic carbocycles. The molecule has 8 heteroatoms. The maximum Gasteiger partial charge on any atom is 0.379 e. The zero-order chi connectivity index (χ0) is 24.7.